The third-order valence-electron chi connectivity index (χ3n) is 5.63. The molecule has 0 aliphatic carbocycles. The maximum atomic E-state index is 13.4. The summed E-state index contributed by atoms with van der Waals surface area (Å²) in [5.74, 6) is 0.533. The molecule has 2 aromatic rings. The molecule has 8 heteroatoms. The number of hydrogen-bond donors (Lipinski definition) is 0. The van der Waals surface area contributed by atoms with E-state index in [2.05, 4.69) is 6.92 Å². The molecule has 2 aromatic carbocycles. The van der Waals surface area contributed by atoms with Crippen molar-refractivity contribution in [3.8, 4) is 5.75 Å². The highest BCUT2D eigenvalue weighted by Crippen LogP contribution is 2.27. The average molecular weight is 498 g/mol. The van der Waals surface area contributed by atoms with E-state index in [9.17, 15) is 13.2 Å². The number of rotatable bonds is 10. The van der Waals surface area contributed by atoms with Gasteiger partial charge in [-0.15, -0.1) is 0 Å². The number of nitrogens with zero attached hydrogens (tertiary/aromatic N) is 1. The van der Waals surface area contributed by atoms with Gasteiger partial charge >= 0.3 is 0 Å². The van der Waals surface area contributed by atoms with Gasteiger partial charge in [0.15, 0.2) is 9.84 Å². The first-order valence-corrected chi connectivity index (χ1v) is 13.5. The van der Waals surface area contributed by atoms with E-state index in [4.69, 9.17) is 27.9 Å². The zero-order valence-corrected chi connectivity index (χ0v) is 20.6. The number of benzene rings is 2. The Morgan fingerprint density at radius 3 is 2.47 bits per heavy atom. The minimum absolute atomic E-state index is 0.0388. The molecule has 1 aliphatic rings. The van der Waals surface area contributed by atoms with Crippen molar-refractivity contribution < 1.29 is 17.9 Å². The molecule has 1 amide bonds. The van der Waals surface area contributed by atoms with Crippen molar-refractivity contribution in [1.29, 1.82) is 0 Å². The standard InChI is InChI=1S/C24H29Cl2NO4S/c1-2-3-4-5-13-31-22-10-7-18(8-11-22)24(28)27(21-12-14-32(29,30)17-21)16-19-6-9-20(25)15-23(19)26/h6-11,15,21H,2-5,12-14,16-17H2,1H3. The van der Waals surface area contributed by atoms with Crippen LogP contribution in [0.5, 0.6) is 5.75 Å². The highest BCUT2D eigenvalue weighted by atomic mass is 35.5. The van der Waals surface area contributed by atoms with Gasteiger partial charge in [0.25, 0.3) is 5.91 Å². The van der Waals surface area contributed by atoms with Gasteiger partial charge in [-0.1, -0.05) is 55.5 Å². The number of hydrogen-bond acceptors (Lipinski definition) is 4. The molecule has 0 radical (unpaired) electrons. The summed E-state index contributed by atoms with van der Waals surface area (Å²) in [7, 11) is -3.16. The predicted octanol–water partition coefficient (Wildman–Crippen LogP) is 5.78. The zero-order chi connectivity index (χ0) is 23.1. The number of halogens is 2. The molecule has 3 rings (SSSR count). The monoisotopic (exact) mass is 497 g/mol. The number of unbranched alkanes of at least 4 members (excludes halogenated alkanes) is 3. The van der Waals surface area contributed by atoms with Crippen LogP contribution in [0.4, 0.5) is 0 Å². The van der Waals surface area contributed by atoms with Gasteiger partial charge in [0, 0.05) is 28.2 Å². The molecule has 1 atom stereocenters. The lowest BCUT2D eigenvalue weighted by atomic mass is 10.1. The molecular formula is C24H29Cl2NO4S. The lowest BCUT2D eigenvalue weighted by Crippen LogP contribution is -2.40. The quantitative estimate of drug-likeness (QED) is 0.390. The van der Waals surface area contributed by atoms with Crippen LogP contribution in [0, 0.1) is 0 Å². The Hall–Kier alpha value is -1.76. The summed E-state index contributed by atoms with van der Waals surface area (Å²) < 4.78 is 29.9. The van der Waals surface area contributed by atoms with Crippen LogP contribution in [-0.2, 0) is 16.4 Å². The molecule has 1 saturated heterocycles. The van der Waals surface area contributed by atoms with E-state index in [1.165, 1.54) is 12.8 Å². The van der Waals surface area contributed by atoms with Gasteiger partial charge in [0.05, 0.1) is 18.1 Å². The zero-order valence-electron chi connectivity index (χ0n) is 18.2. The third-order valence-corrected chi connectivity index (χ3v) is 7.97. The summed E-state index contributed by atoms with van der Waals surface area (Å²) in [4.78, 5) is 15.0. The van der Waals surface area contributed by atoms with Crippen LogP contribution >= 0.6 is 23.2 Å². The van der Waals surface area contributed by atoms with Gasteiger partial charge in [0.1, 0.15) is 5.75 Å². The van der Waals surface area contributed by atoms with Gasteiger partial charge in [0.2, 0.25) is 0 Å². The van der Waals surface area contributed by atoms with E-state index in [0.29, 0.717) is 34.4 Å². The molecule has 32 heavy (non-hydrogen) atoms. The maximum Gasteiger partial charge on any atom is 0.254 e. The number of amides is 1. The van der Waals surface area contributed by atoms with Gasteiger partial charge in [-0.2, -0.15) is 0 Å². The highest BCUT2D eigenvalue weighted by molar-refractivity contribution is 7.91. The topological polar surface area (TPSA) is 63.7 Å². The van der Waals surface area contributed by atoms with Crippen molar-refractivity contribution >= 4 is 38.9 Å². The summed E-state index contributed by atoms with van der Waals surface area (Å²) >= 11 is 12.3. The minimum Gasteiger partial charge on any atom is -0.494 e. The molecule has 1 fully saturated rings. The fourth-order valence-corrected chi connectivity index (χ4v) is 6.00. The van der Waals surface area contributed by atoms with Crippen molar-refractivity contribution in [3.63, 3.8) is 0 Å². The second-order valence-corrected chi connectivity index (χ2v) is 11.2. The summed E-state index contributed by atoms with van der Waals surface area (Å²) in [5.41, 5.74) is 1.21. The number of carbonyl (C=O) groups is 1. The number of carbonyl (C=O) groups excluding carboxylic acids is 1. The molecule has 5 nitrogen and oxygen atoms in total. The number of sulfone groups is 1. The normalized spacial score (nSPS) is 17.3. The minimum atomic E-state index is -3.16. The Kier molecular flexibility index (Phi) is 8.86. The van der Waals surface area contributed by atoms with Gasteiger partial charge in [-0.05, 0) is 54.8 Å². The Morgan fingerprint density at radius 1 is 1.09 bits per heavy atom. The van der Waals surface area contributed by atoms with Crippen molar-refractivity contribution in [3.05, 3.63) is 63.6 Å². The van der Waals surface area contributed by atoms with Gasteiger partial charge in [-0.25, -0.2) is 8.42 Å². The molecule has 1 unspecified atom stereocenters. The summed E-state index contributed by atoms with van der Waals surface area (Å²) in [6.45, 7) is 3.03. The van der Waals surface area contributed by atoms with E-state index in [1.807, 2.05) is 0 Å². The van der Waals surface area contributed by atoms with Crippen LogP contribution in [0.3, 0.4) is 0 Å². The van der Waals surface area contributed by atoms with E-state index in [1.54, 1.807) is 47.4 Å². The molecule has 0 bridgehead atoms. The maximum absolute atomic E-state index is 13.4. The Bertz CT molecular complexity index is 1020. The van der Waals surface area contributed by atoms with E-state index in [-0.39, 0.29) is 24.0 Å². The Labute approximate surface area is 200 Å². The summed E-state index contributed by atoms with van der Waals surface area (Å²) in [5, 5.41) is 0.952. The van der Waals surface area contributed by atoms with Crippen molar-refractivity contribution in [2.75, 3.05) is 18.1 Å². The largest absolute Gasteiger partial charge is 0.494 e. The lowest BCUT2D eigenvalue weighted by molar-refractivity contribution is 0.0681. The number of ether oxygens (including phenoxy) is 1. The molecule has 1 heterocycles. The molecular weight excluding hydrogens is 469 g/mol. The smallest absolute Gasteiger partial charge is 0.254 e. The van der Waals surface area contributed by atoms with Crippen LogP contribution in [0.2, 0.25) is 10.0 Å². The first kappa shape index (κ1) is 24.9. The Balaban J connectivity index is 1.74. The second kappa shape index (κ2) is 11.4. The van der Waals surface area contributed by atoms with Crippen LogP contribution in [0.1, 0.15) is 54.9 Å². The molecule has 0 N–H and O–H groups in total. The summed E-state index contributed by atoms with van der Waals surface area (Å²) in [6.07, 6.45) is 4.93. The lowest BCUT2D eigenvalue weighted by Gasteiger charge is -2.29. The Morgan fingerprint density at radius 2 is 1.84 bits per heavy atom. The van der Waals surface area contributed by atoms with Crippen molar-refractivity contribution in [2.45, 2.75) is 51.6 Å². The molecule has 0 aromatic heterocycles. The molecule has 0 saturated carbocycles. The second-order valence-electron chi connectivity index (χ2n) is 8.16. The van der Waals surface area contributed by atoms with Crippen molar-refractivity contribution in [2.24, 2.45) is 0 Å². The summed E-state index contributed by atoms with van der Waals surface area (Å²) in [6, 6.07) is 11.7. The fraction of sp³-hybridized carbons (Fsp3) is 0.458. The van der Waals surface area contributed by atoms with Crippen LogP contribution in [0.25, 0.3) is 0 Å². The van der Waals surface area contributed by atoms with E-state index < -0.39 is 15.9 Å². The van der Waals surface area contributed by atoms with Crippen LogP contribution < -0.4 is 4.74 Å². The average Bonchev–Trinajstić information content (AvgIpc) is 3.12. The molecule has 174 valence electrons. The van der Waals surface area contributed by atoms with Crippen LogP contribution in [-0.4, -0.2) is 43.4 Å². The third kappa shape index (κ3) is 6.87. The SMILES string of the molecule is CCCCCCOc1ccc(C(=O)N(Cc2ccc(Cl)cc2Cl)C2CCS(=O)(=O)C2)cc1. The van der Waals surface area contributed by atoms with Crippen LogP contribution in [0.15, 0.2) is 42.5 Å². The predicted molar refractivity (Wildman–Crippen MR) is 129 cm³/mol. The van der Waals surface area contributed by atoms with Gasteiger partial charge < -0.3 is 9.64 Å². The van der Waals surface area contributed by atoms with E-state index >= 15 is 0 Å². The van der Waals surface area contributed by atoms with Gasteiger partial charge in [-0.3, -0.25) is 4.79 Å². The molecule has 1 aliphatic heterocycles. The first-order valence-electron chi connectivity index (χ1n) is 11.0. The van der Waals surface area contributed by atoms with Crippen molar-refractivity contribution in [1.82, 2.24) is 4.90 Å². The van der Waals surface area contributed by atoms with E-state index in [0.717, 1.165) is 18.4 Å². The highest BCUT2D eigenvalue weighted by Gasteiger charge is 2.35. The molecule has 0 spiro atoms. The fourth-order valence-electron chi connectivity index (χ4n) is 3.80. The first-order chi connectivity index (χ1) is 15.3.